The van der Waals surface area contributed by atoms with Gasteiger partial charge in [0.15, 0.2) is 0 Å². The Kier molecular flexibility index (Phi) is 5.30. The third kappa shape index (κ3) is 3.51. The first kappa shape index (κ1) is 16.7. The molecular weight excluding hydrogens is 300 g/mol. The Balaban J connectivity index is 1.92. The van der Waals surface area contributed by atoms with Crippen molar-refractivity contribution in [3.05, 3.63) is 42.1 Å². The quantitative estimate of drug-likeness (QED) is 0.857. The van der Waals surface area contributed by atoms with Crippen LogP contribution in [0, 0.1) is 5.92 Å². The molecule has 5 heteroatoms. The molecule has 1 fully saturated rings. The first-order valence-corrected chi connectivity index (χ1v) is 8.82. The highest BCUT2D eigenvalue weighted by Gasteiger charge is 2.25. The number of carbonyl (C=O) groups excluding carboxylic acids is 1. The first-order chi connectivity index (χ1) is 11.7. The molecule has 1 atom stereocenters. The molecule has 0 spiro atoms. The molecule has 0 saturated heterocycles. The molecule has 1 amide bonds. The van der Waals surface area contributed by atoms with E-state index in [0.29, 0.717) is 24.7 Å². The van der Waals surface area contributed by atoms with Crippen molar-refractivity contribution in [1.82, 2.24) is 15.1 Å². The lowest BCUT2D eigenvalue weighted by molar-refractivity contribution is 0.0949. The van der Waals surface area contributed by atoms with E-state index in [1.807, 2.05) is 37.3 Å². The molecule has 0 radical (unpaired) electrons. The molecule has 3 rings (SSSR count). The number of rotatable bonds is 6. The number of benzene rings is 1. The SMILES string of the molecule is CC(CN)CNC(=O)c1cnn(C2CCCC2)c1-c1ccccc1. The number of amides is 1. The fourth-order valence-corrected chi connectivity index (χ4v) is 3.28. The van der Waals surface area contributed by atoms with E-state index in [9.17, 15) is 4.79 Å². The second kappa shape index (κ2) is 7.62. The second-order valence-corrected chi connectivity index (χ2v) is 6.71. The fourth-order valence-electron chi connectivity index (χ4n) is 3.28. The van der Waals surface area contributed by atoms with Crippen LogP contribution in [0.4, 0.5) is 0 Å². The minimum atomic E-state index is -0.0709. The van der Waals surface area contributed by atoms with Gasteiger partial charge in [0, 0.05) is 12.1 Å². The molecular formula is C19H26N4O. The van der Waals surface area contributed by atoms with Crippen LogP contribution in [0.2, 0.25) is 0 Å². The first-order valence-electron chi connectivity index (χ1n) is 8.82. The highest BCUT2D eigenvalue weighted by atomic mass is 16.1. The van der Waals surface area contributed by atoms with Crippen LogP contribution in [0.15, 0.2) is 36.5 Å². The summed E-state index contributed by atoms with van der Waals surface area (Å²) in [5.41, 5.74) is 8.26. The van der Waals surface area contributed by atoms with Crippen molar-refractivity contribution < 1.29 is 4.79 Å². The van der Waals surface area contributed by atoms with E-state index in [1.165, 1.54) is 12.8 Å². The summed E-state index contributed by atoms with van der Waals surface area (Å²) in [6, 6.07) is 10.5. The summed E-state index contributed by atoms with van der Waals surface area (Å²) in [7, 11) is 0. The second-order valence-electron chi connectivity index (χ2n) is 6.71. The zero-order valence-corrected chi connectivity index (χ0v) is 14.2. The average molecular weight is 326 g/mol. The zero-order valence-electron chi connectivity index (χ0n) is 14.2. The van der Waals surface area contributed by atoms with Crippen molar-refractivity contribution in [3.63, 3.8) is 0 Å². The standard InChI is InChI=1S/C19H26N4O/c1-14(11-20)12-21-19(24)17-13-22-23(16-9-5-6-10-16)18(17)15-7-3-2-4-8-15/h2-4,7-8,13-14,16H,5-6,9-12,20H2,1H3,(H,21,24). The van der Waals surface area contributed by atoms with Crippen molar-refractivity contribution in [1.29, 1.82) is 0 Å². The molecule has 3 N–H and O–H groups in total. The Morgan fingerprint density at radius 2 is 2.04 bits per heavy atom. The van der Waals surface area contributed by atoms with Crippen molar-refractivity contribution in [2.75, 3.05) is 13.1 Å². The Hall–Kier alpha value is -2.14. The molecule has 1 heterocycles. The van der Waals surface area contributed by atoms with Crippen molar-refractivity contribution in [3.8, 4) is 11.3 Å². The smallest absolute Gasteiger partial charge is 0.255 e. The maximum absolute atomic E-state index is 12.7. The van der Waals surface area contributed by atoms with Gasteiger partial charge in [0.05, 0.1) is 23.5 Å². The number of nitrogens with one attached hydrogen (secondary N) is 1. The lowest BCUT2D eigenvalue weighted by Gasteiger charge is -2.16. The van der Waals surface area contributed by atoms with Crippen LogP contribution in [0.5, 0.6) is 0 Å². The molecule has 5 nitrogen and oxygen atoms in total. The number of aromatic nitrogens is 2. The van der Waals surface area contributed by atoms with Gasteiger partial charge in [-0.2, -0.15) is 5.10 Å². The minimum absolute atomic E-state index is 0.0709. The largest absolute Gasteiger partial charge is 0.352 e. The van der Waals surface area contributed by atoms with Gasteiger partial charge in [-0.15, -0.1) is 0 Å². The number of hydrogen-bond donors (Lipinski definition) is 2. The Morgan fingerprint density at radius 1 is 1.33 bits per heavy atom. The summed E-state index contributed by atoms with van der Waals surface area (Å²) in [5, 5.41) is 7.57. The van der Waals surface area contributed by atoms with Gasteiger partial charge in [0.1, 0.15) is 0 Å². The summed E-state index contributed by atoms with van der Waals surface area (Å²) < 4.78 is 2.06. The molecule has 24 heavy (non-hydrogen) atoms. The van der Waals surface area contributed by atoms with Crippen LogP contribution in [-0.2, 0) is 0 Å². The van der Waals surface area contributed by atoms with Crippen LogP contribution >= 0.6 is 0 Å². The van der Waals surface area contributed by atoms with Crippen molar-refractivity contribution in [2.45, 2.75) is 38.6 Å². The molecule has 2 aromatic rings. The average Bonchev–Trinajstić information content (AvgIpc) is 3.28. The normalized spacial score (nSPS) is 16.2. The molecule has 1 aliphatic rings. The summed E-state index contributed by atoms with van der Waals surface area (Å²) in [6.45, 7) is 3.17. The molecule has 1 unspecified atom stereocenters. The third-order valence-electron chi connectivity index (χ3n) is 4.77. The Morgan fingerprint density at radius 3 is 2.71 bits per heavy atom. The van der Waals surface area contributed by atoms with E-state index in [-0.39, 0.29) is 11.8 Å². The van der Waals surface area contributed by atoms with E-state index in [2.05, 4.69) is 15.1 Å². The van der Waals surface area contributed by atoms with E-state index >= 15 is 0 Å². The molecule has 1 saturated carbocycles. The predicted molar refractivity (Wildman–Crippen MR) is 95.7 cm³/mol. The van der Waals surface area contributed by atoms with Crippen molar-refractivity contribution >= 4 is 5.91 Å². The predicted octanol–water partition coefficient (Wildman–Crippen LogP) is 2.99. The Labute approximate surface area is 143 Å². The van der Waals surface area contributed by atoms with E-state index in [0.717, 1.165) is 24.1 Å². The summed E-state index contributed by atoms with van der Waals surface area (Å²) in [6.07, 6.45) is 6.44. The Bertz CT molecular complexity index is 674. The summed E-state index contributed by atoms with van der Waals surface area (Å²) >= 11 is 0. The molecule has 1 aromatic carbocycles. The lowest BCUT2D eigenvalue weighted by atomic mass is 10.1. The monoisotopic (exact) mass is 326 g/mol. The highest BCUT2D eigenvalue weighted by molar-refractivity contribution is 5.99. The highest BCUT2D eigenvalue weighted by Crippen LogP contribution is 2.34. The van der Waals surface area contributed by atoms with E-state index in [1.54, 1.807) is 6.20 Å². The van der Waals surface area contributed by atoms with Gasteiger partial charge >= 0.3 is 0 Å². The van der Waals surface area contributed by atoms with Gasteiger partial charge in [-0.25, -0.2) is 0 Å². The fraction of sp³-hybridized carbons (Fsp3) is 0.474. The lowest BCUT2D eigenvalue weighted by Crippen LogP contribution is -2.31. The number of hydrogen-bond acceptors (Lipinski definition) is 3. The van der Waals surface area contributed by atoms with Crippen molar-refractivity contribution in [2.24, 2.45) is 11.7 Å². The minimum Gasteiger partial charge on any atom is -0.352 e. The van der Waals surface area contributed by atoms with Gasteiger partial charge < -0.3 is 11.1 Å². The van der Waals surface area contributed by atoms with Crippen LogP contribution in [0.1, 0.15) is 49.0 Å². The number of nitrogens with zero attached hydrogens (tertiary/aromatic N) is 2. The van der Waals surface area contributed by atoms with Crippen LogP contribution in [0.3, 0.4) is 0 Å². The topological polar surface area (TPSA) is 72.9 Å². The summed E-state index contributed by atoms with van der Waals surface area (Å²) in [5.74, 6) is 0.192. The number of nitrogens with two attached hydrogens (primary N) is 1. The van der Waals surface area contributed by atoms with Crippen LogP contribution < -0.4 is 11.1 Å². The molecule has 0 bridgehead atoms. The van der Waals surface area contributed by atoms with E-state index in [4.69, 9.17) is 5.73 Å². The van der Waals surface area contributed by atoms with Gasteiger partial charge in [-0.3, -0.25) is 9.48 Å². The third-order valence-corrected chi connectivity index (χ3v) is 4.77. The van der Waals surface area contributed by atoms with Crippen LogP contribution in [-0.4, -0.2) is 28.8 Å². The van der Waals surface area contributed by atoms with Gasteiger partial charge in [0.25, 0.3) is 5.91 Å². The van der Waals surface area contributed by atoms with Crippen LogP contribution in [0.25, 0.3) is 11.3 Å². The molecule has 0 aliphatic heterocycles. The summed E-state index contributed by atoms with van der Waals surface area (Å²) in [4.78, 5) is 12.7. The number of carbonyl (C=O) groups is 1. The zero-order chi connectivity index (χ0) is 16.9. The maximum atomic E-state index is 12.7. The van der Waals surface area contributed by atoms with Gasteiger partial charge in [-0.1, -0.05) is 50.1 Å². The molecule has 1 aromatic heterocycles. The molecule has 1 aliphatic carbocycles. The van der Waals surface area contributed by atoms with Gasteiger partial charge in [0.2, 0.25) is 0 Å². The van der Waals surface area contributed by atoms with E-state index < -0.39 is 0 Å². The molecule has 128 valence electrons. The van der Waals surface area contributed by atoms with Gasteiger partial charge in [-0.05, 0) is 25.3 Å². The maximum Gasteiger partial charge on any atom is 0.255 e.